The van der Waals surface area contributed by atoms with E-state index in [1.165, 1.54) is 11.1 Å². The molecule has 0 aliphatic carbocycles. The van der Waals surface area contributed by atoms with Gasteiger partial charge in [-0.15, -0.1) is 0 Å². The number of benzene rings is 2. The van der Waals surface area contributed by atoms with Crippen LogP contribution in [-0.4, -0.2) is 9.96 Å². The van der Waals surface area contributed by atoms with Crippen LogP contribution in [0.1, 0.15) is 16.7 Å². The fourth-order valence-electron chi connectivity index (χ4n) is 1.98. The predicted molar refractivity (Wildman–Crippen MR) is 82.5 cm³/mol. The molecule has 0 aromatic heterocycles. The molecule has 1 unspecified atom stereocenters. The summed E-state index contributed by atoms with van der Waals surface area (Å²) in [7, 11) is -0.816. The zero-order valence-corrected chi connectivity index (χ0v) is 12.0. The van der Waals surface area contributed by atoms with E-state index >= 15 is 0 Å². The number of anilines is 1. The Labute approximate surface area is 117 Å². The molecule has 0 saturated carbocycles. The maximum atomic E-state index is 12.1. The minimum atomic E-state index is -0.816. The molecule has 1 atom stereocenters. The summed E-state index contributed by atoms with van der Waals surface area (Å²) in [6.45, 7) is 2.06. The molecule has 0 bridgehead atoms. The highest BCUT2D eigenvalue weighted by molar-refractivity contribution is 7.84. The lowest BCUT2D eigenvalue weighted by atomic mass is 10.1. The highest BCUT2D eigenvalue weighted by Crippen LogP contribution is 2.10. The lowest BCUT2D eigenvalue weighted by Crippen LogP contribution is -2.04. The highest BCUT2D eigenvalue weighted by Gasteiger charge is 2.03. The molecule has 100 valence electrons. The molecule has 0 heterocycles. The van der Waals surface area contributed by atoms with Crippen molar-refractivity contribution in [3.05, 3.63) is 65.2 Å². The Morgan fingerprint density at radius 2 is 1.79 bits per heavy atom. The molecule has 0 spiro atoms. The van der Waals surface area contributed by atoms with E-state index in [0.29, 0.717) is 11.5 Å². The van der Waals surface area contributed by atoms with Crippen molar-refractivity contribution in [2.24, 2.45) is 0 Å². The fourth-order valence-corrected chi connectivity index (χ4v) is 3.14. The monoisotopic (exact) mass is 273 g/mol. The second kappa shape index (κ2) is 6.53. The normalized spacial score (nSPS) is 12.3. The number of nitrogens with two attached hydrogens (primary N) is 1. The summed E-state index contributed by atoms with van der Waals surface area (Å²) < 4.78 is 12.1. The minimum Gasteiger partial charge on any atom is -0.399 e. The number of nitrogen functional groups attached to an aromatic ring is 1. The Morgan fingerprint density at radius 1 is 1.05 bits per heavy atom. The van der Waals surface area contributed by atoms with Gasteiger partial charge in [0.15, 0.2) is 0 Å². The summed E-state index contributed by atoms with van der Waals surface area (Å²) in [4.78, 5) is 0. The Hall–Kier alpha value is -1.61. The van der Waals surface area contributed by atoms with E-state index in [1.807, 2.05) is 36.4 Å². The highest BCUT2D eigenvalue weighted by atomic mass is 32.2. The first kappa shape index (κ1) is 13.8. The quantitative estimate of drug-likeness (QED) is 0.851. The largest absolute Gasteiger partial charge is 0.399 e. The van der Waals surface area contributed by atoms with Crippen LogP contribution in [-0.2, 0) is 23.0 Å². The van der Waals surface area contributed by atoms with Gasteiger partial charge in [-0.3, -0.25) is 4.21 Å². The SMILES string of the molecule is Cc1cccc(CS(=O)CCc2ccc(N)cc2)c1. The van der Waals surface area contributed by atoms with Crippen molar-refractivity contribution in [1.29, 1.82) is 0 Å². The molecule has 3 heteroatoms. The Bertz CT molecular complexity index is 563. The lowest BCUT2D eigenvalue weighted by molar-refractivity contribution is 0.682. The van der Waals surface area contributed by atoms with E-state index in [9.17, 15) is 4.21 Å². The van der Waals surface area contributed by atoms with Gasteiger partial charge in [-0.25, -0.2) is 0 Å². The second-order valence-corrected chi connectivity index (χ2v) is 6.35. The predicted octanol–water partition coefficient (Wildman–Crippen LogP) is 3.07. The summed E-state index contributed by atoms with van der Waals surface area (Å²) in [5.74, 6) is 1.33. The molecule has 0 amide bonds. The molecular formula is C16H19NOS. The minimum absolute atomic E-state index is 0.636. The molecule has 0 aliphatic heterocycles. The van der Waals surface area contributed by atoms with Crippen molar-refractivity contribution < 1.29 is 4.21 Å². The van der Waals surface area contributed by atoms with Crippen molar-refractivity contribution in [3.8, 4) is 0 Å². The van der Waals surface area contributed by atoms with Crippen molar-refractivity contribution >= 4 is 16.5 Å². The van der Waals surface area contributed by atoms with Crippen LogP contribution >= 0.6 is 0 Å². The van der Waals surface area contributed by atoms with Crippen molar-refractivity contribution in [2.45, 2.75) is 19.1 Å². The van der Waals surface area contributed by atoms with Crippen LogP contribution in [0.25, 0.3) is 0 Å². The van der Waals surface area contributed by atoms with Crippen LogP contribution in [0.15, 0.2) is 48.5 Å². The van der Waals surface area contributed by atoms with Crippen LogP contribution in [0.4, 0.5) is 5.69 Å². The molecule has 0 aliphatic rings. The lowest BCUT2D eigenvalue weighted by Gasteiger charge is -2.04. The van der Waals surface area contributed by atoms with Gasteiger partial charge in [0.2, 0.25) is 0 Å². The summed E-state index contributed by atoms with van der Waals surface area (Å²) in [5.41, 5.74) is 9.96. The van der Waals surface area contributed by atoms with Gasteiger partial charge in [0.1, 0.15) is 0 Å². The Morgan fingerprint density at radius 3 is 2.47 bits per heavy atom. The van der Waals surface area contributed by atoms with Crippen LogP contribution < -0.4 is 5.73 Å². The summed E-state index contributed by atoms with van der Waals surface area (Å²) in [6.07, 6.45) is 0.832. The van der Waals surface area contributed by atoms with E-state index in [0.717, 1.165) is 17.7 Å². The van der Waals surface area contributed by atoms with Crippen LogP contribution in [0.3, 0.4) is 0 Å². The Kier molecular flexibility index (Phi) is 4.74. The zero-order valence-electron chi connectivity index (χ0n) is 11.1. The second-order valence-electron chi connectivity index (χ2n) is 4.77. The zero-order chi connectivity index (χ0) is 13.7. The smallest absolute Gasteiger partial charge is 0.0485 e. The molecule has 2 N–H and O–H groups in total. The molecule has 19 heavy (non-hydrogen) atoms. The molecule has 2 nitrogen and oxygen atoms in total. The molecule has 2 aromatic carbocycles. The van der Waals surface area contributed by atoms with Gasteiger partial charge in [0, 0.05) is 28.0 Å². The van der Waals surface area contributed by atoms with Gasteiger partial charge in [0.05, 0.1) is 0 Å². The fraction of sp³-hybridized carbons (Fsp3) is 0.250. The van der Waals surface area contributed by atoms with Gasteiger partial charge in [-0.2, -0.15) is 0 Å². The first-order valence-corrected chi connectivity index (χ1v) is 7.87. The van der Waals surface area contributed by atoms with Crippen LogP contribution in [0, 0.1) is 6.92 Å². The third-order valence-electron chi connectivity index (χ3n) is 3.01. The van der Waals surface area contributed by atoms with Gasteiger partial charge >= 0.3 is 0 Å². The standard InChI is InChI=1S/C16H19NOS/c1-13-3-2-4-15(11-13)12-19(18)10-9-14-5-7-16(17)8-6-14/h2-8,11H,9-10,12,17H2,1H3. The first-order chi connectivity index (χ1) is 9.13. The van der Waals surface area contributed by atoms with Crippen molar-refractivity contribution in [1.82, 2.24) is 0 Å². The van der Waals surface area contributed by atoms with Gasteiger partial charge in [-0.1, -0.05) is 42.0 Å². The molecular weight excluding hydrogens is 254 g/mol. The van der Waals surface area contributed by atoms with E-state index in [-0.39, 0.29) is 0 Å². The number of aryl methyl sites for hydroxylation is 2. The average molecular weight is 273 g/mol. The summed E-state index contributed by atoms with van der Waals surface area (Å²) in [5, 5.41) is 0. The van der Waals surface area contributed by atoms with Gasteiger partial charge in [0.25, 0.3) is 0 Å². The van der Waals surface area contributed by atoms with Crippen LogP contribution in [0.5, 0.6) is 0 Å². The number of hydrogen-bond acceptors (Lipinski definition) is 2. The van der Waals surface area contributed by atoms with E-state index in [2.05, 4.69) is 19.1 Å². The van der Waals surface area contributed by atoms with E-state index in [4.69, 9.17) is 5.73 Å². The Balaban J connectivity index is 1.86. The summed E-state index contributed by atoms with van der Waals surface area (Å²) >= 11 is 0. The first-order valence-electron chi connectivity index (χ1n) is 6.38. The number of rotatable bonds is 5. The molecule has 0 fully saturated rings. The van der Waals surface area contributed by atoms with Crippen LogP contribution in [0.2, 0.25) is 0 Å². The van der Waals surface area contributed by atoms with Crippen molar-refractivity contribution in [2.75, 3.05) is 11.5 Å². The average Bonchev–Trinajstić information content (AvgIpc) is 2.38. The number of hydrogen-bond donors (Lipinski definition) is 1. The maximum Gasteiger partial charge on any atom is 0.0485 e. The topological polar surface area (TPSA) is 43.1 Å². The third-order valence-corrected chi connectivity index (χ3v) is 4.32. The maximum absolute atomic E-state index is 12.1. The molecule has 0 radical (unpaired) electrons. The van der Waals surface area contributed by atoms with Crippen molar-refractivity contribution in [3.63, 3.8) is 0 Å². The van der Waals surface area contributed by atoms with E-state index < -0.39 is 10.8 Å². The third kappa shape index (κ3) is 4.52. The molecule has 2 rings (SSSR count). The van der Waals surface area contributed by atoms with Gasteiger partial charge < -0.3 is 5.73 Å². The summed E-state index contributed by atoms with van der Waals surface area (Å²) in [6, 6.07) is 16.0. The molecule has 2 aromatic rings. The van der Waals surface area contributed by atoms with Gasteiger partial charge in [-0.05, 0) is 36.6 Å². The van der Waals surface area contributed by atoms with E-state index in [1.54, 1.807) is 0 Å². The molecule has 0 saturated heterocycles.